The lowest BCUT2D eigenvalue weighted by atomic mass is 10.0. The van der Waals surface area contributed by atoms with Crippen molar-refractivity contribution in [3.05, 3.63) is 22.4 Å². The van der Waals surface area contributed by atoms with Crippen molar-refractivity contribution < 1.29 is 4.79 Å². The Hall–Kier alpha value is -0.870. The molecule has 1 aromatic rings. The zero-order chi connectivity index (χ0) is 9.42. The second-order valence-corrected chi connectivity index (χ2v) is 4.11. The molecule has 0 aromatic carbocycles. The van der Waals surface area contributed by atoms with Crippen molar-refractivity contribution in [1.29, 1.82) is 0 Å². The highest BCUT2D eigenvalue weighted by Gasteiger charge is 2.36. The van der Waals surface area contributed by atoms with E-state index in [1.165, 1.54) is 5.56 Å². The molecule has 1 amide bonds. The fourth-order valence-corrected chi connectivity index (χ4v) is 2.27. The molecule has 2 atom stereocenters. The average Bonchev–Trinajstić information content (AvgIpc) is 2.65. The monoisotopic (exact) mass is 196 g/mol. The van der Waals surface area contributed by atoms with Crippen LogP contribution in [0.2, 0.25) is 0 Å². The minimum absolute atomic E-state index is 0.0682. The first kappa shape index (κ1) is 8.72. The van der Waals surface area contributed by atoms with E-state index in [2.05, 4.69) is 5.38 Å². The normalized spacial score (nSPS) is 24.3. The van der Waals surface area contributed by atoms with Crippen LogP contribution >= 0.6 is 11.3 Å². The summed E-state index contributed by atoms with van der Waals surface area (Å²) in [6.45, 7) is 2.72. The third kappa shape index (κ3) is 1.36. The molecule has 2 rings (SSSR count). The van der Waals surface area contributed by atoms with Gasteiger partial charge in [-0.3, -0.25) is 4.79 Å². The van der Waals surface area contributed by atoms with Crippen LogP contribution in [0.15, 0.2) is 16.8 Å². The summed E-state index contributed by atoms with van der Waals surface area (Å²) in [4.78, 5) is 13.1. The number of likely N-dealkylation sites (tertiary alicyclic amines) is 1. The molecule has 2 heterocycles. The summed E-state index contributed by atoms with van der Waals surface area (Å²) in [6.07, 6.45) is 0. The lowest BCUT2D eigenvalue weighted by Gasteiger charge is -2.40. The molecule has 13 heavy (non-hydrogen) atoms. The third-order valence-electron chi connectivity index (χ3n) is 2.49. The maximum absolute atomic E-state index is 11.3. The van der Waals surface area contributed by atoms with Gasteiger partial charge in [-0.1, -0.05) is 0 Å². The Bertz CT molecular complexity index is 309. The molecule has 0 saturated carbocycles. The number of amides is 1. The van der Waals surface area contributed by atoms with E-state index in [1.54, 1.807) is 11.3 Å². The van der Waals surface area contributed by atoms with E-state index in [-0.39, 0.29) is 18.0 Å². The molecule has 2 N–H and O–H groups in total. The molecule has 2 unspecified atom stereocenters. The molecule has 0 aliphatic carbocycles. The Balaban J connectivity index is 2.07. The van der Waals surface area contributed by atoms with Crippen molar-refractivity contribution in [3.8, 4) is 0 Å². The fourth-order valence-electron chi connectivity index (χ4n) is 1.52. The molecule has 1 aliphatic heterocycles. The third-order valence-corrected chi connectivity index (χ3v) is 3.19. The highest BCUT2D eigenvalue weighted by atomic mass is 32.1. The zero-order valence-corrected chi connectivity index (χ0v) is 8.25. The van der Waals surface area contributed by atoms with Gasteiger partial charge in [-0.15, -0.1) is 0 Å². The second-order valence-electron chi connectivity index (χ2n) is 3.33. The van der Waals surface area contributed by atoms with Gasteiger partial charge >= 0.3 is 0 Å². The van der Waals surface area contributed by atoms with Crippen LogP contribution in [0.5, 0.6) is 0 Å². The Morgan fingerprint density at radius 3 is 3.00 bits per heavy atom. The molecule has 70 valence electrons. The summed E-state index contributed by atoms with van der Waals surface area (Å²) in [5.74, 6) is 0.0682. The van der Waals surface area contributed by atoms with Crippen LogP contribution in [-0.4, -0.2) is 23.4 Å². The predicted octanol–water partition coefficient (Wildman–Crippen LogP) is 0.979. The number of thiophene rings is 1. The molecule has 1 saturated heterocycles. The van der Waals surface area contributed by atoms with Crippen LogP contribution in [0.3, 0.4) is 0 Å². The van der Waals surface area contributed by atoms with Gasteiger partial charge in [-0.05, 0) is 29.3 Å². The first-order valence-electron chi connectivity index (χ1n) is 4.28. The molecule has 1 aromatic heterocycles. The van der Waals surface area contributed by atoms with Crippen molar-refractivity contribution in [3.63, 3.8) is 0 Å². The molecule has 0 spiro atoms. The Morgan fingerprint density at radius 1 is 1.77 bits per heavy atom. The summed E-state index contributed by atoms with van der Waals surface area (Å²) >= 11 is 1.65. The van der Waals surface area contributed by atoms with Crippen LogP contribution in [0, 0.1) is 0 Å². The molecule has 3 nitrogen and oxygen atoms in total. The molecule has 0 radical (unpaired) electrons. The summed E-state index contributed by atoms with van der Waals surface area (Å²) in [5.41, 5.74) is 6.71. The van der Waals surface area contributed by atoms with E-state index < -0.39 is 0 Å². The van der Waals surface area contributed by atoms with Gasteiger partial charge in [0, 0.05) is 6.54 Å². The average molecular weight is 196 g/mol. The number of rotatable bonds is 2. The van der Waals surface area contributed by atoms with Crippen LogP contribution in [0.25, 0.3) is 0 Å². The van der Waals surface area contributed by atoms with Gasteiger partial charge in [-0.25, -0.2) is 0 Å². The molecular weight excluding hydrogens is 184 g/mol. The van der Waals surface area contributed by atoms with E-state index in [1.807, 2.05) is 23.3 Å². The smallest absolute Gasteiger partial charge is 0.241 e. The summed E-state index contributed by atoms with van der Waals surface area (Å²) < 4.78 is 0. The maximum atomic E-state index is 11.3. The van der Waals surface area contributed by atoms with Crippen molar-refractivity contribution in [2.45, 2.75) is 19.0 Å². The topological polar surface area (TPSA) is 46.3 Å². The van der Waals surface area contributed by atoms with E-state index in [0.29, 0.717) is 6.54 Å². The van der Waals surface area contributed by atoms with Gasteiger partial charge in [0.25, 0.3) is 0 Å². The fraction of sp³-hybridized carbons (Fsp3) is 0.444. The number of β-lactam (4-membered cyclic amide) rings is 1. The number of hydrogen-bond acceptors (Lipinski definition) is 3. The first-order chi connectivity index (χ1) is 6.20. The number of hydrogen-bond donors (Lipinski definition) is 1. The summed E-state index contributed by atoms with van der Waals surface area (Å²) in [6, 6.07) is 1.96. The van der Waals surface area contributed by atoms with Crippen LogP contribution < -0.4 is 5.73 Å². The van der Waals surface area contributed by atoms with Gasteiger partial charge in [0.2, 0.25) is 5.91 Å². The standard InChI is InChI=1S/C9H12N2OS/c1-6(7-2-3-13-5-7)11-4-8(10)9(11)12/h2-3,5-6,8H,4,10H2,1H3. The van der Waals surface area contributed by atoms with Crippen LogP contribution in [0.4, 0.5) is 0 Å². The molecular formula is C9H12N2OS. The minimum atomic E-state index is -0.263. The van der Waals surface area contributed by atoms with E-state index in [9.17, 15) is 4.79 Å². The predicted molar refractivity (Wildman–Crippen MR) is 52.4 cm³/mol. The zero-order valence-electron chi connectivity index (χ0n) is 7.43. The minimum Gasteiger partial charge on any atom is -0.332 e. The molecule has 1 aliphatic rings. The number of nitrogens with two attached hydrogens (primary N) is 1. The Labute approximate surface area is 81.2 Å². The Kier molecular flexibility index (Phi) is 2.09. The highest BCUT2D eigenvalue weighted by Crippen LogP contribution is 2.26. The van der Waals surface area contributed by atoms with Crippen molar-refractivity contribution in [2.75, 3.05) is 6.54 Å². The maximum Gasteiger partial charge on any atom is 0.241 e. The second kappa shape index (κ2) is 3.12. The number of carbonyl (C=O) groups excluding carboxylic acids is 1. The largest absolute Gasteiger partial charge is 0.332 e. The lowest BCUT2D eigenvalue weighted by molar-refractivity contribution is -0.145. The summed E-state index contributed by atoms with van der Waals surface area (Å²) in [5, 5.41) is 4.10. The molecule has 4 heteroatoms. The van der Waals surface area contributed by atoms with E-state index >= 15 is 0 Å². The molecule has 0 bridgehead atoms. The Morgan fingerprint density at radius 2 is 2.54 bits per heavy atom. The van der Waals surface area contributed by atoms with Crippen LogP contribution in [0.1, 0.15) is 18.5 Å². The number of nitrogens with zero attached hydrogens (tertiary/aromatic N) is 1. The van der Waals surface area contributed by atoms with Crippen molar-refractivity contribution in [1.82, 2.24) is 4.90 Å². The van der Waals surface area contributed by atoms with Crippen LogP contribution in [-0.2, 0) is 4.79 Å². The number of carbonyl (C=O) groups is 1. The molecule has 1 fully saturated rings. The SMILES string of the molecule is CC(c1ccsc1)N1CC(N)C1=O. The van der Waals surface area contributed by atoms with Gasteiger partial charge in [0.05, 0.1) is 6.04 Å². The van der Waals surface area contributed by atoms with E-state index in [0.717, 1.165) is 0 Å². The van der Waals surface area contributed by atoms with Gasteiger partial charge in [-0.2, -0.15) is 11.3 Å². The first-order valence-corrected chi connectivity index (χ1v) is 5.22. The highest BCUT2D eigenvalue weighted by molar-refractivity contribution is 7.07. The van der Waals surface area contributed by atoms with Gasteiger partial charge < -0.3 is 10.6 Å². The van der Waals surface area contributed by atoms with Crippen molar-refractivity contribution >= 4 is 17.2 Å². The lowest BCUT2D eigenvalue weighted by Crippen LogP contribution is -2.61. The van der Waals surface area contributed by atoms with Gasteiger partial charge in [0.15, 0.2) is 0 Å². The van der Waals surface area contributed by atoms with E-state index in [4.69, 9.17) is 5.73 Å². The van der Waals surface area contributed by atoms with Crippen molar-refractivity contribution in [2.24, 2.45) is 5.73 Å². The van der Waals surface area contributed by atoms with Gasteiger partial charge in [0.1, 0.15) is 6.04 Å². The quantitative estimate of drug-likeness (QED) is 0.717. The summed E-state index contributed by atoms with van der Waals surface area (Å²) in [7, 11) is 0.